The molecule has 0 amide bonds. The van der Waals surface area contributed by atoms with E-state index in [0.717, 1.165) is 11.4 Å². The fourth-order valence-electron chi connectivity index (χ4n) is 2.56. The van der Waals surface area contributed by atoms with E-state index in [0.29, 0.717) is 6.04 Å². The maximum absolute atomic E-state index is 3.54. The highest BCUT2D eigenvalue weighted by atomic mass is 79.9. The zero-order valence-electron chi connectivity index (χ0n) is 11.1. The molecule has 0 aromatic heterocycles. The van der Waals surface area contributed by atoms with E-state index in [9.17, 15) is 0 Å². The normalized spacial score (nSPS) is 23.2. The Morgan fingerprint density at radius 3 is 2.62 bits per heavy atom. The van der Waals surface area contributed by atoms with Gasteiger partial charge >= 0.3 is 0 Å². The predicted molar refractivity (Wildman–Crippen MR) is 75.4 cm³/mol. The van der Waals surface area contributed by atoms with Crippen molar-refractivity contribution in [2.75, 3.05) is 32.0 Å². The van der Waals surface area contributed by atoms with Gasteiger partial charge in [-0.1, -0.05) is 22.4 Å². The molecule has 1 heterocycles. The number of alkyl halides is 1. The quantitative estimate of drug-likeness (QED) is 0.694. The van der Waals surface area contributed by atoms with Crippen LogP contribution in [-0.2, 0) is 0 Å². The SMILES string of the molecule is CC(C)N(CCBr)CCC1CCCCN1C. The Morgan fingerprint density at radius 1 is 1.31 bits per heavy atom. The predicted octanol–water partition coefficient (Wildman–Crippen LogP) is 2.97. The standard InChI is InChI=1S/C13H27BrN2/c1-12(2)16(11-8-14)10-7-13-6-4-5-9-15(13)3/h12-13H,4-11H2,1-3H3. The molecule has 0 aliphatic carbocycles. The minimum absolute atomic E-state index is 0.673. The molecular formula is C13H27BrN2. The highest BCUT2D eigenvalue weighted by Crippen LogP contribution is 2.18. The number of likely N-dealkylation sites (tertiary alicyclic amines) is 1. The second kappa shape index (κ2) is 7.67. The lowest BCUT2D eigenvalue weighted by Gasteiger charge is -2.35. The lowest BCUT2D eigenvalue weighted by Crippen LogP contribution is -2.41. The van der Waals surface area contributed by atoms with E-state index in [1.165, 1.54) is 45.3 Å². The first-order chi connectivity index (χ1) is 7.65. The van der Waals surface area contributed by atoms with Gasteiger partial charge in [0.05, 0.1) is 0 Å². The zero-order valence-corrected chi connectivity index (χ0v) is 12.7. The molecule has 0 aromatic rings. The Bertz CT molecular complexity index is 181. The van der Waals surface area contributed by atoms with Crippen LogP contribution >= 0.6 is 15.9 Å². The van der Waals surface area contributed by atoms with Crippen LogP contribution in [0.2, 0.25) is 0 Å². The summed E-state index contributed by atoms with van der Waals surface area (Å²) in [5.41, 5.74) is 0. The van der Waals surface area contributed by atoms with Crippen LogP contribution in [0, 0.1) is 0 Å². The highest BCUT2D eigenvalue weighted by molar-refractivity contribution is 9.09. The Morgan fingerprint density at radius 2 is 2.06 bits per heavy atom. The van der Waals surface area contributed by atoms with E-state index in [4.69, 9.17) is 0 Å². The maximum Gasteiger partial charge on any atom is 0.0159 e. The topological polar surface area (TPSA) is 6.48 Å². The molecule has 1 rings (SSSR count). The van der Waals surface area contributed by atoms with Gasteiger partial charge in [-0.05, 0) is 53.2 Å². The molecule has 0 radical (unpaired) electrons. The van der Waals surface area contributed by atoms with E-state index < -0.39 is 0 Å². The zero-order chi connectivity index (χ0) is 12.0. The minimum atomic E-state index is 0.673. The second-order valence-corrected chi connectivity index (χ2v) is 6.03. The summed E-state index contributed by atoms with van der Waals surface area (Å²) in [5.74, 6) is 0. The van der Waals surface area contributed by atoms with Crippen LogP contribution in [0.25, 0.3) is 0 Å². The van der Waals surface area contributed by atoms with Crippen molar-refractivity contribution in [3.05, 3.63) is 0 Å². The van der Waals surface area contributed by atoms with Gasteiger partial charge in [-0.3, -0.25) is 0 Å². The first kappa shape index (κ1) is 14.5. The monoisotopic (exact) mass is 290 g/mol. The number of hydrogen-bond donors (Lipinski definition) is 0. The minimum Gasteiger partial charge on any atom is -0.303 e. The Balaban J connectivity index is 2.29. The van der Waals surface area contributed by atoms with Crippen molar-refractivity contribution in [1.29, 1.82) is 0 Å². The smallest absolute Gasteiger partial charge is 0.0159 e. The van der Waals surface area contributed by atoms with E-state index in [1.807, 2.05) is 0 Å². The number of halogens is 1. The van der Waals surface area contributed by atoms with Crippen LogP contribution in [0.5, 0.6) is 0 Å². The first-order valence-corrected chi connectivity index (χ1v) is 7.77. The average molecular weight is 291 g/mol. The molecule has 1 aliphatic rings. The van der Waals surface area contributed by atoms with Crippen LogP contribution in [0.3, 0.4) is 0 Å². The molecule has 1 atom stereocenters. The molecule has 2 nitrogen and oxygen atoms in total. The van der Waals surface area contributed by atoms with Crippen LogP contribution in [0.4, 0.5) is 0 Å². The molecule has 1 aliphatic heterocycles. The molecule has 96 valence electrons. The first-order valence-electron chi connectivity index (χ1n) is 6.65. The van der Waals surface area contributed by atoms with E-state index in [2.05, 4.69) is 46.6 Å². The summed E-state index contributed by atoms with van der Waals surface area (Å²) in [4.78, 5) is 5.13. The van der Waals surface area contributed by atoms with Crippen molar-refractivity contribution in [3.63, 3.8) is 0 Å². The number of piperidine rings is 1. The summed E-state index contributed by atoms with van der Waals surface area (Å²) in [6, 6.07) is 1.50. The molecule has 1 fully saturated rings. The molecule has 0 N–H and O–H groups in total. The molecule has 1 unspecified atom stereocenters. The summed E-state index contributed by atoms with van der Waals surface area (Å²) in [7, 11) is 2.29. The van der Waals surface area contributed by atoms with E-state index in [-0.39, 0.29) is 0 Å². The van der Waals surface area contributed by atoms with Gasteiger partial charge in [-0.2, -0.15) is 0 Å². The summed E-state index contributed by atoms with van der Waals surface area (Å²) >= 11 is 3.54. The van der Waals surface area contributed by atoms with Gasteiger partial charge in [0.1, 0.15) is 0 Å². The second-order valence-electron chi connectivity index (χ2n) is 5.24. The van der Waals surface area contributed by atoms with Crippen molar-refractivity contribution in [3.8, 4) is 0 Å². The van der Waals surface area contributed by atoms with Gasteiger partial charge < -0.3 is 9.80 Å². The fourth-order valence-corrected chi connectivity index (χ4v) is 3.02. The van der Waals surface area contributed by atoms with E-state index >= 15 is 0 Å². The van der Waals surface area contributed by atoms with Crippen molar-refractivity contribution in [1.82, 2.24) is 9.80 Å². The molecular weight excluding hydrogens is 264 g/mol. The van der Waals surface area contributed by atoms with Crippen LogP contribution in [0.1, 0.15) is 39.5 Å². The van der Waals surface area contributed by atoms with Crippen molar-refractivity contribution < 1.29 is 0 Å². The molecule has 0 spiro atoms. The summed E-state index contributed by atoms with van der Waals surface area (Å²) in [6.07, 6.45) is 5.55. The fraction of sp³-hybridized carbons (Fsp3) is 1.00. The van der Waals surface area contributed by atoms with Crippen LogP contribution < -0.4 is 0 Å². The van der Waals surface area contributed by atoms with Crippen molar-refractivity contribution >= 4 is 15.9 Å². The summed E-state index contributed by atoms with van der Waals surface area (Å²) in [5, 5.41) is 1.09. The molecule has 0 saturated carbocycles. The molecule has 0 bridgehead atoms. The third-order valence-corrected chi connectivity index (χ3v) is 4.13. The van der Waals surface area contributed by atoms with Crippen LogP contribution in [0.15, 0.2) is 0 Å². The van der Waals surface area contributed by atoms with Gasteiger partial charge in [0, 0.05) is 24.0 Å². The Labute approximate surface area is 109 Å². The maximum atomic E-state index is 3.54. The number of hydrogen-bond acceptors (Lipinski definition) is 2. The van der Waals surface area contributed by atoms with Gasteiger partial charge in [0.2, 0.25) is 0 Å². The molecule has 16 heavy (non-hydrogen) atoms. The van der Waals surface area contributed by atoms with E-state index in [1.54, 1.807) is 0 Å². The third-order valence-electron chi connectivity index (χ3n) is 3.77. The highest BCUT2D eigenvalue weighted by Gasteiger charge is 2.20. The summed E-state index contributed by atoms with van der Waals surface area (Å²) < 4.78 is 0. The lowest BCUT2D eigenvalue weighted by atomic mass is 10.00. The number of nitrogens with zero attached hydrogens (tertiary/aromatic N) is 2. The number of rotatable bonds is 6. The third kappa shape index (κ3) is 4.72. The van der Waals surface area contributed by atoms with Crippen molar-refractivity contribution in [2.24, 2.45) is 0 Å². The van der Waals surface area contributed by atoms with Gasteiger partial charge in [-0.15, -0.1) is 0 Å². The van der Waals surface area contributed by atoms with Gasteiger partial charge in [0.25, 0.3) is 0 Å². The Kier molecular flexibility index (Phi) is 6.94. The molecule has 0 aromatic carbocycles. The molecule has 1 saturated heterocycles. The van der Waals surface area contributed by atoms with Gasteiger partial charge in [-0.25, -0.2) is 0 Å². The van der Waals surface area contributed by atoms with Crippen molar-refractivity contribution in [2.45, 2.75) is 51.6 Å². The average Bonchev–Trinajstić information content (AvgIpc) is 2.26. The van der Waals surface area contributed by atoms with Gasteiger partial charge in [0.15, 0.2) is 0 Å². The molecule has 3 heteroatoms. The lowest BCUT2D eigenvalue weighted by molar-refractivity contribution is 0.145. The van der Waals surface area contributed by atoms with Crippen LogP contribution in [-0.4, -0.2) is 53.9 Å². The largest absolute Gasteiger partial charge is 0.303 e. The Hall–Kier alpha value is 0.400. The summed E-state index contributed by atoms with van der Waals surface area (Å²) in [6.45, 7) is 8.32.